The van der Waals surface area contributed by atoms with Gasteiger partial charge in [-0.3, -0.25) is 14.5 Å². The predicted molar refractivity (Wildman–Crippen MR) is 83.2 cm³/mol. The standard InChI is InChI=1S/C15H13ClN2O2S/c1-8(2)14-17-10(7-21-14)6-18-12-4-3-9(16)5-11(12)13(19)15(18)20/h3-5,7-8H,6H2,1-2H3. The predicted octanol–water partition coefficient (Wildman–Crippen LogP) is 3.65. The second-order valence-electron chi connectivity index (χ2n) is 5.21. The molecule has 108 valence electrons. The molecule has 1 aliphatic heterocycles. The topological polar surface area (TPSA) is 50.3 Å². The monoisotopic (exact) mass is 320 g/mol. The number of benzene rings is 1. The summed E-state index contributed by atoms with van der Waals surface area (Å²) in [5.41, 5.74) is 1.77. The van der Waals surface area contributed by atoms with Crippen LogP contribution in [-0.2, 0) is 11.3 Å². The van der Waals surface area contributed by atoms with Crippen molar-refractivity contribution < 1.29 is 9.59 Å². The normalized spacial score (nSPS) is 14.2. The molecule has 1 aromatic carbocycles. The van der Waals surface area contributed by atoms with Crippen LogP contribution in [0.5, 0.6) is 0 Å². The minimum atomic E-state index is -0.522. The second-order valence-corrected chi connectivity index (χ2v) is 6.54. The van der Waals surface area contributed by atoms with Crippen LogP contribution in [-0.4, -0.2) is 16.7 Å². The van der Waals surface area contributed by atoms with Crippen LogP contribution in [0.3, 0.4) is 0 Å². The minimum absolute atomic E-state index is 0.308. The molecule has 0 spiro atoms. The highest BCUT2D eigenvalue weighted by Crippen LogP contribution is 2.32. The smallest absolute Gasteiger partial charge is 0.299 e. The van der Waals surface area contributed by atoms with Gasteiger partial charge in [-0.25, -0.2) is 4.98 Å². The van der Waals surface area contributed by atoms with Crippen LogP contribution in [0.2, 0.25) is 5.02 Å². The van der Waals surface area contributed by atoms with E-state index in [1.165, 1.54) is 11.0 Å². The summed E-state index contributed by atoms with van der Waals surface area (Å²) >= 11 is 7.46. The number of rotatable bonds is 3. The number of nitrogens with zero attached hydrogens (tertiary/aromatic N) is 2. The Bertz CT molecular complexity index is 739. The third-order valence-corrected chi connectivity index (χ3v) is 4.75. The fourth-order valence-corrected chi connectivity index (χ4v) is 3.25. The number of halogens is 1. The summed E-state index contributed by atoms with van der Waals surface area (Å²) in [5, 5.41) is 3.41. The summed E-state index contributed by atoms with van der Waals surface area (Å²) in [4.78, 5) is 30.1. The summed E-state index contributed by atoms with van der Waals surface area (Å²) in [6, 6.07) is 4.92. The molecule has 0 unspecified atom stereocenters. The van der Waals surface area contributed by atoms with Gasteiger partial charge in [-0.1, -0.05) is 25.4 Å². The molecule has 21 heavy (non-hydrogen) atoms. The average Bonchev–Trinajstić information content (AvgIpc) is 2.99. The number of Topliss-reactive ketones (excluding diaryl/α,β-unsaturated/α-hetero) is 1. The third-order valence-electron chi connectivity index (χ3n) is 3.32. The lowest BCUT2D eigenvalue weighted by Gasteiger charge is -2.14. The first kappa shape index (κ1) is 14.2. The van der Waals surface area contributed by atoms with E-state index in [0.29, 0.717) is 28.7 Å². The molecule has 0 fully saturated rings. The van der Waals surface area contributed by atoms with E-state index in [4.69, 9.17) is 11.6 Å². The van der Waals surface area contributed by atoms with Crippen molar-refractivity contribution >= 4 is 40.3 Å². The first-order valence-corrected chi connectivity index (χ1v) is 7.83. The SMILES string of the molecule is CC(C)c1nc(CN2C(=O)C(=O)c3cc(Cl)ccc32)cs1. The number of hydrogen-bond acceptors (Lipinski definition) is 4. The molecule has 2 heterocycles. The van der Waals surface area contributed by atoms with Crippen LogP contribution in [0, 0.1) is 0 Å². The van der Waals surface area contributed by atoms with Gasteiger partial charge in [-0.2, -0.15) is 0 Å². The highest BCUT2D eigenvalue weighted by atomic mass is 35.5. The number of carbonyl (C=O) groups is 2. The Morgan fingerprint density at radius 2 is 2.10 bits per heavy atom. The minimum Gasteiger partial charge on any atom is -0.299 e. The van der Waals surface area contributed by atoms with Gasteiger partial charge in [0.2, 0.25) is 0 Å². The van der Waals surface area contributed by atoms with Crippen molar-refractivity contribution in [1.82, 2.24) is 4.98 Å². The Morgan fingerprint density at radius 1 is 1.33 bits per heavy atom. The molecule has 1 aliphatic rings. The number of thiazole rings is 1. The quantitative estimate of drug-likeness (QED) is 0.811. The molecular weight excluding hydrogens is 308 g/mol. The molecule has 2 aromatic rings. The highest BCUT2D eigenvalue weighted by molar-refractivity contribution is 7.09. The van der Waals surface area contributed by atoms with E-state index in [-0.39, 0.29) is 0 Å². The third kappa shape index (κ3) is 2.47. The fraction of sp³-hybridized carbons (Fsp3) is 0.267. The lowest BCUT2D eigenvalue weighted by molar-refractivity contribution is -0.114. The molecule has 0 aliphatic carbocycles. The summed E-state index contributed by atoms with van der Waals surface area (Å²) in [5.74, 6) is -0.677. The van der Waals surface area contributed by atoms with Gasteiger partial charge in [0.05, 0.1) is 28.5 Å². The van der Waals surface area contributed by atoms with Gasteiger partial charge in [0, 0.05) is 16.3 Å². The molecule has 1 amide bonds. The molecule has 0 saturated carbocycles. The Kier molecular flexibility index (Phi) is 3.55. The Balaban J connectivity index is 1.92. The van der Waals surface area contributed by atoms with E-state index in [2.05, 4.69) is 18.8 Å². The first-order chi connectivity index (χ1) is 9.97. The van der Waals surface area contributed by atoms with Crippen molar-refractivity contribution in [2.24, 2.45) is 0 Å². The molecule has 1 aromatic heterocycles. The summed E-state index contributed by atoms with van der Waals surface area (Å²) in [6.45, 7) is 4.46. The number of aromatic nitrogens is 1. The average molecular weight is 321 g/mol. The Hall–Kier alpha value is -1.72. The number of ketones is 1. The van der Waals surface area contributed by atoms with E-state index < -0.39 is 11.7 Å². The molecule has 4 nitrogen and oxygen atoms in total. The van der Waals surface area contributed by atoms with Crippen molar-refractivity contribution in [3.63, 3.8) is 0 Å². The van der Waals surface area contributed by atoms with Gasteiger partial charge in [0.25, 0.3) is 11.7 Å². The van der Waals surface area contributed by atoms with E-state index in [1.807, 2.05) is 5.38 Å². The number of amides is 1. The van der Waals surface area contributed by atoms with Gasteiger partial charge < -0.3 is 0 Å². The highest BCUT2D eigenvalue weighted by Gasteiger charge is 2.36. The molecule has 0 saturated heterocycles. The lowest BCUT2D eigenvalue weighted by atomic mass is 10.1. The number of anilines is 1. The molecule has 0 atom stereocenters. The number of carbonyl (C=O) groups excluding carboxylic acids is 2. The first-order valence-electron chi connectivity index (χ1n) is 6.57. The Labute approximate surface area is 131 Å². The van der Waals surface area contributed by atoms with Crippen LogP contribution in [0.4, 0.5) is 5.69 Å². The molecule has 6 heteroatoms. The van der Waals surface area contributed by atoms with Gasteiger partial charge in [-0.15, -0.1) is 11.3 Å². The van der Waals surface area contributed by atoms with Crippen molar-refractivity contribution in [1.29, 1.82) is 0 Å². The van der Waals surface area contributed by atoms with Gasteiger partial charge >= 0.3 is 0 Å². The maximum Gasteiger partial charge on any atom is 0.299 e. The van der Waals surface area contributed by atoms with E-state index >= 15 is 0 Å². The summed E-state index contributed by atoms with van der Waals surface area (Å²) in [6.07, 6.45) is 0. The molecule has 0 bridgehead atoms. The number of hydrogen-bond donors (Lipinski definition) is 0. The van der Waals surface area contributed by atoms with Crippen LogP contribution < -0.4 is 4.90 Å². The van der Waals surface area contributed by atoms with E-state index in [0.717, 1.165) is 10.7 Å². The molecular formula is C15H13ClN2O2S. The van der Waals surface area contributed by atoms with E-state index in [9.17, 15) is 9.59 Å². The molecule has 0 radical (unpaired) electrons. The maximum atomic E-state index is 12.1. The molecule has 3 rings (SSSR count). The van der Waals surface area contributed by atoms with Crippen molar-refractivity contribution in [2.75, 3.05) is 4.90 Å². The maximum absolute atomic E-state index is 12.1. The Morgan fingerprint density at radius 3 is 2.76 bits per heavy atom. The van der Waals surface area contributed by atoms with Crippen LogP contribution in [0.15, 0.2) is 23.6 Å². The second kappa shape index (κ2) is 5.24. The van der Waals surface area contributed by atoms with Crippen molar-refractivity contribution in [2.45, 2.75) is 26.3 Å². The van der Waals surface area contributed by atoms with Crippen molar-refractivity contribution in [3.8, 4) is 0 Å². The summed E-state index contributed by atoms with van der Waals surface area (Å²) in [7, 11) is 0. The zero-order chi connectivity index (χ0) is 15.1. The van der Waals surface area contributed by atoms with E-state index in [1.54, 1.807) is 23.5 Å². The summed E-state index contributed by atoms with van der Waals surface area (Å²) < 4.78 is 0. The largest absolute Gasteiger partial charge is 0.299 e. The fourth-order valence-electron chi connectivity index (χ4n) is 2.25. The zero-order valence-electron chi connectivity index (χ0n) is 11.6. The van der Waals surface area contributed by atoms with Gasteiger partial charge in [-0.05, 0) is 18.2 Å². The number of fused-ring (bicyclic) bond motifs is 1. The zero-order valence-corrected chi connectivity index (χ0v) is 13.2. The van der Waals surface area contributed by atoms with Gasteiger partial charge in [0.15, 0.2) is 0 Å². The van der Waals surface area contributed by atoms with Gasteiger partial charge in [0.1, 0.15) is 0 Å². The lowest BCUT2D eigenvalue weighted by Crippen LogP contribution is -2.29. The van der Waals surface area contributed by atoms with Crippen LogP contribution in [0.25, 0.3) is 0 Å². The van der Waals surface area contributed by atoms with Crippen LogP contribution >= 0.6 is 22.9 Å². The van der Waals surface area contributed by atoms with Crippen LogP contribution in [0.1, 0.15) is 40.8 Å². The van der Waals surface area contributed by atoms with Crippen molar-refractivity contribution in [3.05, 3.63) is 44.9 Å². The molecule has 0 N–H and O–H groups in total.